The van der Waals surface area contributed by atoms with Crippen LogP contribution in [0.5, 0.6) is 0 Å². The van der Waals surface area contributed by atoms with E-state index in [4.69, 9.17) is 27.9 Å². The summed E-state index contributed by atoms with van der Waals surface area (Å²) in [6.07, 6.45) is 8.70. The van der Waals surface area contributed by atoms with Gasteiger partial charge in [-0.1, -0.05) is 35.4 Å². The second-order valence-electron chi connectivity index (χ2n) is 7.46. The van der Waals surface area contributed by atoms with Gasteiger partial charge in [0.25, 0.3) is 0 Å². The lowest BCUT2D eigenvalue weighted by Gasteiger charge is -2.30. The summed E-state index contributed by atoms with van der Waals surface area (Å²) < 4.78 is 5.41. The number of ether oxygens (including phenoxy) is 1. The van der Waals surface area contributed by atoms with E-state index in [-0.39, 0.29) is 6.03 Å². The standard InChI is InChI=1S/C21H29Cl2N3O2/c22-19-8-7-18(15-20(19)23)24-21(27)26(16-17-5-2-1-3-6-17)10-4-9-25-11-13-28-14-12-25/h1-2,7-8,15,17H,3-6,9-14,16H2,(H,24,27). The average molecular weight is 426 g/mol. The second kappa shape index (κ2) is 11.1. The number of morpholine rings is 1. The highest BCUT2D eigenvalue weighted by molar-refractivity contribution is 6.42. The maximum Gasteiger partial charge on any atom is 0.321 e. The molecule has 1 unspecified atom stereocenters. The van der Waals surface area contributed by atoms with Crippen LogP contribution < -0.4 is 5.32 Å². The van der Waals surface area contributed by atoms with Gasteiger partial charge in [-0.3, -0.25) is 4.90 Å². The molecule has 1 heterocycles. The van der Waals surface area contributed by atoms with Crippen LogP contribution in [0.3, 0.4) is 0 Å². The molecule has 1 aliphatic carbocycles. The van der Waals surface area contributed by atoms with E-state index in [1.165, 1.54) is 0 Å². The number of hydrogen-bond donors (Lipinski definition) is 1. The summed E-state index contributed by atoms with van der Waals surface area (Å²) in [6.45, 7) is 6.06. The molecule has 2 aliphatic rings. The van der Waals surface area contributed by atoms with Crippen LogP contribution in [-0.4, -0.2) is 61.8 Å². The van der Waals surface area contributed by atoms with Gasteiger partial charge in [0.05, 0.1) is 23.3 Å². The molecule has 1 N–H and O–H groups in total. The van der Waals surface area contributed by atoms with E-state index >= 15 is 0 Å². The zero-order valence-electron chi connectivity index (χ0n) is 16.2. The van der Waals surface area contributed by atoms with Gasteiger partial charge >= 0.3 is 6.03 Å². The molecule has 0 spiro atoms. The molecular formula is C21H29Cl2N3O2. The minimum atomic E-state index is -0.0741. The summed E-state index contributed by atoms with van der Waals surface area (Å²) in [5.74, 6) is 0.521. The maximum atomic E-state index is 13.0. The van der Waals surface area contributed by atoms with Crippen molar-refractivity contribution in [2.75, 3.05) is 51.3 Å². The topological polar surface area (TPSA) is 44.8 Å². The number of nitrogens with zero attached hydrogens (tertiary/aromatic N) is 2. The van der Waals surface area contributed by atoms with Crippen molar-refractivity contribution >= 4 is 34.9 Å². The van der Waals surface area contributed by atoms with Gasteiger partial charge in [-0.05, 0) is 49.8 Å². The van der Waals surface area contributed by atoms with Crippen molar-refractivity contribution in [1.82, 2.24) is 9.80 Å². The van der Waals surface area contributed by atoms with Crippen LogP contribution in [0.25, 0.3) is 0 Å². The first-order valence-electron chi connectivity index (χ1n) is 10.1. The molecule has 154 valence electrons. The molecule has 1 aromatic carbocycles. The number of amides is 2. The summed E-state index contributed by atoms with van der Waals surface area (Å²) in [6, 6.07) is 5.10. The SMILES string of the molecule is O=C(Nc1ccc(Cl)c(Cl)c1)N(CCCN1CCOCC1)CC1CC=CCC1. The lowest BCUT2D eigenvalue weighted by atomic mass is 9.94. The van der Waals surface area contributed by atoms with Gasteiger partial charge < -0.3 is 15.0 Å². The number of allylic oxidation sites excluding steroid dienone is 2. The molecule has 2 amide bonds. The Balaban J connectivity index is 1.57. The van der Waals surface area contributed by atoms with Crippen molar-refractivity contribution in [1.29, 1.82) is 0 Å². The fraction of sp³-hybridized carbons (Fsp3) is 0.571. The van der Waals surface area contributed by atoms with E-state index in [1.807, 2.05) is 4.90 Å². The zero-order valence-corrected chi connectivity index (χ0v) is 17.7. The number of carbonyl (C=O) groups excluding carboxylic acids is 1. The van der Waals surface area contributed by atoms with E-state index in [0.717, 1.165) is 71.6 Å². The van der Waals surface area contributed by atoms with Crippen LogP contribution in [0.4, 0.5) is 10.5 Å². The maximum absolute atomic E-state index is 13.0. The molecule has 3 rings (SSSR count). The van der Waals surface area contributed by atoms with E-state index in [2.05, 4.69) is 22.4 Å². The fourth-order valence-corrected chi connectivity index (χ4v) is 3.99. The third-order valence-corrected chi connectivity index (χ3v) is 6.06. The largest absolute Gasteiger partial charge is 0.379 e. The van der Waals surface area contributed by atoms with Crippen LogP contribution in [0.15, 0.2) is 30.4 Å². The first-order valence-corrected chi connectivity index (χ1v) is 10.8. The van der Waals surface area contributed by atoms with Gasteiger partial charge in [0.1, 0.15) is 0 Å². The van der Waals surface area contributed by atoms with Crippen LogP contribution in [0, 0.1) is 5.92 Å². The Kier molecular flexibility index (Phi) is 8.46. The van der Waals surface area contributed by atoms with E-state index in [9.17, 15) is 4.79 Å². The number of benzene rings is 1. The normalized spacial score (nSPS) is 20.1. The van der Waals surface area contributed by atoms with E-state index in [1.54, 1.807) is 18.2 Å². The van der Waals surface area contributed by atoms with Crippen molar-refractivity contribution in [3.63, 3.8) is 0 Å². The van der Waals surface area contributed by atoms with E-state index < -0.39 is 0 Å². The predicted molar refractivity (Wildman–Crippen MR) is 115 cm³/mol. The summed E-state index contributed by atoms with van der Waals surface area (Å²) in [5.41, 5.74) is 0.668. The molecule has 28 heavy (non-hydrogen) atoms. The number of hydrogen-bond acceptors (Lipinski definition) is 3. The molecule has 1 saturated heterocycles. The molecule has 1 fully saturated rings. The smallest absolute Gasteiger partial charge is 0.321 e. The minimum Gasteiger partial charge on any atom is -0.379 e. The van der Waals surface area contributed by atoms with Gasteiger partial charge in [-0.2, -0.15) is 0 Å². The highest BCUT2D eigenvalue weighted by Gasteiger charge is 2.20. The van der Waals surface area contributed by atoms with Crippen molar-refractivity contribution in [3.05, 3.63) is 40.4 Å². The Labute approximate surface area is 177 Å². The molecule has 5 nitrogen and oxygen atoms in total. The number of carbonyl (C=O) groups is 1. The fourth-order valence-electron chi connectivity index (χ4n) is 3.70. The van der Waals surface area contributed by atoms with E-state index in [0.29, 0.717) is 21.7 Å². The molecule has 1 atom stereocenters. The van der Waals surface area contributed by atoms with Crippen LogP contribution >= 0.6 is 23.2 Å². The Hall–Kier alpha value is -1.27. The van der Waals surface area contributed by atoms with Crippen LogP contribution in [-0.2, 0) is 4.74 Å². The number of nitrogens with one attached hydrogen (secondary N) is 1. The average Bonchev–Trinajstić information content (AvgIpc) is 2.71. The number of rotatable bonds is 7. The van der Waals surface area contributed by atoms with Gasteiger partial charge in [0, 0.05) is 38.4 Å². The Bertz CT molecular complexity index is 678. The van der Waals surface area contributed by atoms with Crippen molar-refractivity contribution < 1.29 is 9.53 Å². The van der Waals surface area contributed by atoms with Gasteiger partial charge in [-0.25, -0.2) is 4.79 Å². The molecule has 1 aliphatic heterocycles. The van der Waals surface area contributed by atoms with Crippen molar-refractivity contribution in [2.45, 2.75) is 25.7 Å². The molecule has 1 aromatic rings. The minimum absolute atomic E-state index is 0.0741. The highest BCUT2D eigenvalue weighted by Crippen LogP contribution is 2.25. The number of urea groups is 1. The van der Waals surface area contributed by atoms with Gasteiger partial charge in [0.2, 0.25) is 0 Å². The first-order chi connectivity index (χ1) is 13.6. The first kappa shape index (κ1) is 21.4. The molecule has 0 radical (unpaired) electrons. The lowest BCUT2D eigenvalue weighted by Crippen LogP contribution is -2.42. The molecule has 0 bridgehead atoms. The number of halogens is 2. The summed E-state index contributed by atoms with van der Waals surface area (Å²) in [4.78, 5) is 17.3. The third kappa shape index (κ3) is 6.66. The summed E-state index contributed by atoms with van der Waals surface area (Å²) in [5, 5.41) is 3.90. The monoisotopic (exact) mass is 425 g/mol. The number of anilines is 1. The second-order valence-corrected chi connectivity index (χ2v) is 8.28. The Morgan fingerprint density at radius 2 is 2.04 bits per heavy atom. The van der Waals surface area contributed by atoms with Crippen molar-refractivity contribution in [2.24, 2.45) is 5.92 Å². The molecule has 0 saturated carbocycles. The summed E-state index contributed by atoms with van der Waals surface area (Å²) >= 11 is 12.1. The Morgan fingerprint density at radius 1 is 1.21 bits per heavy atom. The highest BCUT2D eigenvalue weighted by atomic mass is 35.5. The zero-order chi connectivity index (χ0) is 19.8. The molecule has 0 aromatic heterocycles. The van der Waals surface area contributed by atoms with Gasteiger partial charge in [-0.15, -0.1) is 0 Å². The quantitative estimate of drug-likeness (QED) is 0.631. The lowest BCUT2D eigenvalue weighted by molar-refractivity contribution is 0.0364. The molecule has 7 heteroatoms. The Morgan fingerprint density at radius 3 is 2.75 bits per heavy atom. The summed E-state index contributed by atoms with van der Waals surface area (Å²) in [7, 11) is 0. The van der Waals surface area contributed by atoms with Crippen LogP contribution in [0.2, 0.25) is 10.0 Å². The third-order valence-electron chi connectivity index (χ3n) is 5.32. The van der Waals surface area contributed by atoms with Crippen molar-refractivity contribution in [3.8, 4) is 0 Å². The van der Waals surface area contributed by atoms with Gasteiger partial charge in [0.15, 0.2) is 0 Å². The predicted octanol–water partition coefficient (Wildman–Crippen LogP) is 4.91. The van der Waals surface area contributed by atoms with Crippen LogP contribution in [0.1, 0.15) is 25.7 Å². The molecular weight excluding hydrogens is 397 g/mol.